The largest absolute Gasteiger partial charge is 0.508 e. The quantitative estimate of drug-likeness (QED) is 0.720. The van der Waals surface area contributed by atoms with Crippen molar-refractivity contribution in [3.63, 3.8) is 0 Å². The number of aromatic hydroxyl groups is 1. The predicted octanol–water partition coefficient (Wildman–Crippen LogP) is 0.743. The molecular formula is C11H15NO3. The zero-order valence-electron chi connectivity index (χ0n) is 8.86. The molecule has 0 aliphatic carbocycles. The SMILES string of the molecule is COC(=O)C(N)Cc1ccc(C)c(O)c1. The summed E-state index contributed by atoms with van der Waals surface area (Å²) in [6.45, 7) is 1.80. The van der Waals surface area contributed by atoms with Crippen molar-refractivity contribution >= 4 is 5.97 Å². The van der Waals surface area contributed by atoms with Crippen LogP contribution in [0.5, 0.6) is 5.75 Å². The number of rotatable bonds is 3. The van der Waals surface area contributed by atoms with Crippen LogP contribution in [0.2, 0.25) is 0 Å². The standard InChI is InChI=1S/C11H15NO3/c1-7-3-4-8(6-10(7)13)5-9(12)11(14)15-2/h3-4,6,9,13H,5,12H2,1-2H3. The zero-order chi connectivity index (χ0) is 11.4. The van der Waals surface area contributed by atoms with Crippen LogP contribution in [0.3, 0.4) is 0 Å². The van der Waals surface area contributed by atoms with E-state index in [1.807, 2.05) is 6.07 Å². The van der Waals surface area contributed by atoms with E-state index in [4.69, 9.17) is 5.73 Å². The van der Waals surface area contributed by atoms with Gasteiger partial charge in [-0.3, -0.25) is 4.79 Å². The van der Waals surface area contributed by atoms with E-state index >= 15 is 0 Å². The smallest absolute Gasteiger partial charge is 0.322 e. The van der Waals surface area contributed by atoms with Gasteiger partial charge in [0.15, 0.2) is 0 Å². The van der Waals surface area contributed by atoms with E-state index in [-0.39, 0.29) is 5.75 Å². The molecule has 0 radical (unpaired) electrons. The van der Waals surface area contributed by atoms with Crippen molar-refractivity contribution in [2.75, 3.05) is 7.11 Å². The maximum absolute atomic E-state index is 11.1. The van der Waals surface area contributed by atoms with Crippen molar-refractivity contribution in [2.45, 2.75) is 19.4 Å². The molecule has 0 saturated heterocycles. The third kappa shape index (κ3) is 2.95. The number of ether oxygens (including phenoxy) is 1. The number of carbonyl (C=O) groups is 1. The molecule has 4 heteroatoms. The molecular weight excluding hydrogens is 194 g/mol. The molecule has 1 unspecified atom stereocenters. The van der Waals surface area contributed by atoms with E-state index in [2.05, 4.69) is 4.74 Å². The average molecular weight is 209 g/mol. The van der Waals surface area contributed by atoms with Gasteiger partial charge in [0.1, 0.15) is 11.8 Å². The van der Waals surface area contributed by atoms with Gasteiger partial charge < -0.3 is 15.6 Å². The highest BCUT2D eigenvalue weighted by Gasteiger charge is 2.14. The molecule has 0 heterocycles. The Kier molecular flexibility index (Phi) is 3.68. The molecule has 4 nitrogen and oxygen atoms in total. The first kappa shape index (κ1) is 11.5. The predicted molar refractivity (Wildman–Crippen MR) is 56.5 cm³/mol. The minimum Gasteiger partial charge on any atom is -0.508 e. The lowest BCUT2D eigenvalue weighted by molar-refractivity contribution is -0.142. The molecule has 1 aromatic carbocycles. The van der Waals surface area contributed by atoms with Gasteiger partial charge in [-0.25, -0.2) is 0 Å². The minimum absolute atomic E-state index is 0.213. The van der Waals surface area contributed by atoms with E-state index in [0.29, 0.717) is 6.42 Å². The fraction of sp³-hybridized carbons (Fsp3) is 0.364. The first-order chi connectivity index (χ1) is 7.04. The van der Waals surface area contributed by atoms with Crippen LogP contribution in [0.4, 0.5) is 0 Å². The number of esters is 1. The summed E-state index contributed by atoms with van der Waals surface area (Å²) in [6.07, 6.45) is 0.362. The highest BCUT2D eigenvalue weighted by molar-refractivity contribution is 5.75. The van der Waals surface area contributed by atoms with E-state index < -0.39 is 12.0 Å². The van der Waals surface area contributed by atoms with Crippen molar-refractivity contribution in [2.24, 2.45) is 5.73 Å². The Morgan fingerprint density at radius 2 is 2.27 bits per heavy atom. The van der Waals surface area contributed by atoms with Gasteiger partial charge in [-0.1, -0.05) is 12.1 Å². The van der Waals surface area contributed by atoms with E-state index in [1.54, 1.807) is 19.1 Å². The minimum atomic E-state index is -0.683. The van der Waals surface area contributed by atoms with Crippen molar-refractivity contribution < 1.29 is 14.6 Å². The lowest BCUT2D eigenvalue weighted by Crippen LogP contribution is -2.33. The molecule has 0 spiro atoms. The lowest BCUT2D eigenvalue weighted by Gasteiger charge is -2.09. The molecule has 1 atom stereocenters. The van der Waals surface area contributed by atoms with Gasteiger partial charge in [-0.15, -0.1) is 0 Å². The monoisotopic (exact) mass is 209 g/mol. The summed E-state index contributed by atoms with van der Waals surface area (Å²) < 4.78 is 4.51. The maximum atomic E-state index is 11.1. The highest BCUT2D eigenvalue weighted by atomic mass is 16.5. The van der Waals surface area contributed by atoms with Gasteiger partial charge in [-0.2, -0.15) is 0 Å². The molecule has 0 fully saturated rings. The Bertz CT molecular complexity index is 363. The third-order valence-corrected chi connectivity index (χ3v) is 2.23. The molecule has 82 valence electrons. The number of phenolic OH excluding ortho intramolecular Hbond substituents is 1. The van der Waals surface area contributed by atoms with Crippen LogP contribution < -0.4 is 5.73 Å². The highest BCUT2D eigenvalue weighted by Crippen LogP contribution is 2.18. The van der Waals surface area contributed by atoms with Gasteiger partial charge in [0.05, 0.1) is 7.11 Å². The number of aryl methyl sites for hydroxylation is 1. The van der Waals surface area contributed by atoms with Crippen molar-refractivity contribution in [3.8, 4) is 5.75 Å². The summed E-state index contributed by atoms with van der Waals surface area (Å²) in [4.78, 5) is 11.1. The summed E-state index contributed by atoms with van der Waals surface area (Å²) in [7, 11) is 1.30. The summed E-state index contributed by atoms with van der Waals surface area (Å²) in [5, 5.41) is 9.45. The molecule has 0 amide bonds. The van der Waals surface area contributed by atoms with Gasteiger partial charge in [-0.05, 0) is 30.5 Å². The summed E-state index contributed by atoms with van der Waals surface area (Å²) in [6, 6.07) is 4.54. The molecule has 3 N–H and O–H groups in total. The van der Waals surface area contributed by atoms with E-state index in [1.165, 1.54) is 7.11 Å². The number of hydrogen-bond donors (Lipinski definition) is 2. The molecule has 1 aromatic rings. The summed E-state index contributed by atoms with van der Waals surface area (Å²) >= 11 is 0. The summed E-state index contributed by atoms with van der Waals surface area (Å²) in [5.74, 6) is -0.236. The molecule has 0 saturated carbocycles. The van der Waals surface area contributed by atoms with Crippen molar-refractivity contribution in [3.05, 3.63) is 29.3 Å². The number of methoxy groups -OCH3 is 1. The topological polar surface area (TPSA) is 72.5 Å². The lowest BCUT2D eigenvalue weighted by atomic mass is 10.0. The van der Waals surface area contributed by atoms with Crippen LogP contribution in [0, 0.1) is 6.92 Å². The van der Waals surface area contributed by atoms with Crippen LogP contribution >= 0.6 is 0 Å². The van der Waals surface area contributed by atoms with Gasteiger partial charge in [0, 0.05) is 0 Å². The Morgan fingerprint density at radius 3 is 2.80 bits per heavy atom. The summed E-state index contributed by atoms with van der Waals surface area (Å²) in [5.41, 5.74) is 7.20. The number of hydrogen-bond acceptors (Lipinski definition) is 4. The average Bonchev–Trinajstić information content (AvgIpc) is 2.22. The Balaban J connectivity index is 2.73. The van der Waals surface area contributed by atoms with Crippen LogP contribution in [0.25, 0.3) is 0 Å². The van der Waals surface area contributed by atoms with Crippen LogP contribution in [-0.4, -0.2) is 24.2 Å². The second-order valence-corrected chi connectivity index (χ2v) is 3.45. The normalized spacial score (nSPS) is 12.2. The van der Waals surface area contributed by atoms with Crippen LogP contribution in [0.1, 0.15) is 11.1 Å². The third-order valence-electron chi connectivity index (χ3n) is 2.23. The fourth-order valence-corrected chi connectivity index (χ4v) is 1.27. The Morgan fingerprint density at radius 1 is 1.60 bits per heavy atom. The number of phenols is 1. The Labute approximate surface area is 88.7 Å². The van der Waals surface area contributed by atoms with Crippen LogP contribution in [0.15, 0.2) is 18.2 Å². The first-order valence-electron chi connectivity index (χ1n) is 4.66. The van der Waals surface area contributed by atoms with Gasteiger partial charge in [0.25, 0.3) is 0 Å². The number of carbonyl (C=O) groups excluding carboxylic acids is 1. The number of nitrogens with two attached hydrogens (primary N) is 1. The molecule has 0 aliphatic rings. The van der Waals surface area contributed by atoms with E-state index in [0.717, 1.165) is 11.1 Å². The van der Waals surface area contributed by atoms with Gasteiger partial charge in [0.2, 0.25) is 0 Å². The first-order valence-corrected chi connectivity index (χ1v) is 4.66. The molecule has 0 aliphatic heterocycles. The van der Waals surface area contributed by atoms with Crippen molar-refractivity contribution in [1.82, 2.24) is 0 Å². The second-order valence-electron chi connectivity index (χ2n) is 3.45. The Hall–Kier alpha value is -1.55. The molecule has 1 rings (SSSR count). The molecule has 0 aromatic heterocycles. The second kappa shape index (κ2) is 4.79. The van der Waals surface area contributed by atoms with Crippen LogP contribution in [-0.2, 0) is 16.0 Å². The molecule has 15 heavy (non-hydrogen) atoms. The fourth-order valence-electron chi connectivity index (χ4n) is 1.27. The number of benzene rings is 1. The van der Waals surface area contributed by atoms with Gasteiger partial charge >= 0.3 is 5.97 Å². The maximum Gasteiger partial charge on any atom is 0.322 e. The van der Waals surface area contributed by atoms with E-state index in [9.17, 15) is 9.90 Å². The molecule has 0 bridgehead atoms. The zero-order valence-corrected chi connectivity index (χ0v) is 8.86. The van der Waals surface area contributed by atoms with Crippen molar-refractivity contribution in [1.29, 1.82) is 0 Å².